The van der Waals surface area contributed by atoms with Gasteiger partial charge in [-0.05, 0) is 61.7 Å². The Morgan fingerprint density at radius 3 is 2.39 bits per heavy atom. The van der Waals surface area contributed by atoms with Crippen molar-refractivity contribution >= 4 is 23.3 Å². The van der Waals surface area contributed by atoms with Crippen LogP contribution in [0.2, 0.25) is 0 Å². The molecule has 0 radical (unpaired) electrons. The molecule has 1 atom stereocenters. The molecule has 0 saturated heterocycles. The molecular formula is C30H26F2N4O2. The minimum Gasteiger partial charge on any atom is -0.316 e. The number of anilines is 2. The third-order valence-corrected chi connectivity index (χ3v) is 7.11. The summed E-state index contributed by atoms with van der Waals surface area (Å²) in [5.41, 5.74) is 4.49. The molecule has 1 unspecified atom stereocenters. The fraction of sp³-hybridized carbons (Fsp3) is 0.200. The summed E-state index contributed by atoms with van der Waals surface area (Å²) >= 11 is 0. The van der Waals surface area contributed by atoms with Crippen molar-refractivity contribution in [1.82, 2.24) is 9.47 Å². The standard InChI is InChI=1S/C30H26F2N4O2/c1-19-8-10-20(11-9-19)29-27-7-4-16-34(27)25-5-2-3-6-26(25)36(29)28(37)18-35(22-13-14-22)30(38)33-24-15-12-21(31)17-23(24)32/h2-12,15-17,22,29H,13-14,18H2,1H3,(H,33,38). The minimum absolute atomic E-state index is 0.121. The summed E-state index contributed by atoms with van der Waals surface area (Å²) in [4.78, 5) is 30.6. The molecule has 2 aliphatic rings. The van der Waals surface area contributed by atoms with E-state index < -0.39 is 23.7 Å². The zero-order valence-electron chi connectivity index (χ0n) is 20.8. The summed E-state index contributed by atoms with van der Waals surface area (Å²) < 4.78 is 29.7. The topological polar surface area (TPSA) is 57.6 Å². The van der Waals surface area contributed by atoms with Crippen molar-refractivity contribution in [1.29, 1.82) is 0 Å². The number of amides is 3. The highest BCUT2D eigenvalue weighted by Crippen LogP contribution is 2.42. The second-order valence-corrected chi connectivity index (χ2v) is 9.78. The largest absolute Gasteiger partial charge is 0.322 e. The first kappa shape index (κ1) is 23.9. The summed E-state index contributed by atoms with van der Waals surface area (Å²) in [7, 11) is 0. The Morgan fingerprint density at radius 2 is 1.68 bits per heavy atom. The number of benzene rings is 3. The van der Waals surface area contributed by atoms with Crippen LogP contribution in [0.25, 0.3) is 5.69 Å². The zero-order chi connectivity index (χ0) is 26.4. The van der Waals surface area contributed by atoms with Gasteiger partial charge in [0.15, 0.2) is 0 Å². The van der Waals surface area contributed by atoms with Crippen molar-refractivity contribution in [2.45, 2.75) is 31.8 Å². The van der Waals surface area contributed by atoms with Gasteiger partial charge in [0.2, 0.25) is 5.91 Å². The van der Waals surface area contributed by atoms with Gasteiger partial charge in [-0.25, -0.2) is 13.6 Å². The van der Waals surface area contributed by atoms with Crippen molar-refractivity contribution in [2.24, 2.45) is 0 Å². The van der Waals surface area contributed by atoms with E-state index in [-0.39, 0.29) is 24.2 Å². The predicted octanol–water partition coefficient (Wildman–Crippen LogP) is 6.20. The molecule has 3 amide bonds. The Hall–Kier alpha value is -4.46. The minimum atomic E-state index is -0.870. The van der Waals surface area contributed by atoms with Gasteiger partial charge < -0.3 is 14.8 Å². The van der Waals surface area contributed by atoms with Crippen molar-refractivity contribution in [3.8, 4) is 5.69 Å². The highest BCUT2D eigenvalue weighted by Gasteiger charge is 2.40. The van der Waals surface area contributed by atoms with E-state index in [9.17, 15) is 18.4 Å². The Kier molecular flexibility index (Phi) is 5.94. The summed E-state index contributed by atoms with van der Waals surface area (Å²) in [6.45, 7) is 1.83. The number of aromatic nitrogens is 1. The number of rotatable bonds is 5. The summed E-state index contributed by atoms with van der Waals surface area (Å²) in [6, 6.07) is 21.6. The quantitative estimate of drug-likeness (QED) is 0.346. The van der Waals surface area contributed by atoms with Gasteiger partial charge in [-0.1, -0.05) is 42.0 Å². The van der Waals surface area contributed by atoms with E-state index in [2.05, 4.69) is 9.88 Å². The maximum absolute atomic E-state index is 14.2. The van der Waals surface area contributed by atoms with Gasteiger partial charge >= 0.3 is 6.03 Å². The molecule has 1 aromatic heterocycles. The molecule has 38 heavy (non-hydrogen) atoms. The normalized spacial score (nSPS) is 16.0. The van der Waals surface area contributed by atoms with Crippen LogP contribution in [0.3, 0.4) is 0 Å². The van der Waals surface area contributed by atoms with Gasteiger partial charge in [0.05, 0.1) is 22.8 Å². The van der Waals surface area contributed by atoms with Crippen LogP contribution in [0.15, 0.2) is 85.1 Å². The molecular weight excluding hydrogens is 486 g/mol. The number of para-hydroxylation sites is 2. The predicted molar refractivity (Wildman–Crippen MR) is 141 cm³/mol. The lowest BCUT2D eigenvalue weighted by Crippen LogP contribution is -2.48. The van der Waals surface area contributed by atoms with E-state index >= 15 is 0 Å². The number of carbonyl (C=O) groups is 2. The molecule has 1 N–H and O–H groups in total. The number of carbonyl (C=O) groups excluding carboxylic acids is 2. The second kappa shape index (κ2) is 9.45. The van der Waals surface area contributed by atoms with Crippen LogP contribution in [-0.4, -0.2) is 34.0 Å². The number of hydrogen-bond acceptors (Lipinski definition) is 2. The first-order valence-corrected chi connectivity index (χ1v) is 12.6. The number of nitrogens with zero attached hydrogens (tertiary/aromatic N) is 3. The molecule has 192 valence electrons. The van der Waals surface area contributed by atoms with Crippen LogP contribution < -0.4 is 10.2 Å². The number of hydrogen-bond donors (Lipinski definition) is 1. The van der Waals surface area contributed by atoms with E-state index in [4.69, 9.17) is 0 Å². The smallest absolute Gasteiger partial charge is 0.316 e. The third kappa shape index (κ3) is 4.32. The number of urea groups is 1. The van der Waals surface area contributed by atoms with Gasteiger partial charge in [0.1, 0.15) is 24.2 Å². The van der Waals surface area contributed by atoms with Crippen molar-refractivity contribution in [3.05, 3.63) is 114 Å². The average molecular weight is 513 g/mol. The summed E-state index contributed by atoms with van der Waals surface area (Å²) in [6.07, 6.45) is 3.50. The fourth-order valence-corrected chi connectivity index (χ4v) is 5.08. The Morgan fingerprint density at radius 1 is 0.947 bits per heavy atom. The van der Waals surface area contributed by atoms with Gasteiger partial charge in [0.25, 0.3) is 0 Å². The molecule has 2 heterocycles. The molecule has 0 spiro atoms. The molecule has 6 nitrogen and oxygen atoms in total. The Bertz CT molecular complexity index is 1530. The number of nitrogens with one attached hydrogen (secondary N) is 1. The van der Waals surface area contributed by atoms with Crippen LogP contribution >= 0.6 is 0 Å². The first-order valence-electron chi connectivity index (χ1n) is 12.6. The van der Waals surface area contributed by atoms with Crippen LogP contribution in [0.4, 0.5) is 25.0 Å². The van der Waals surface area contributed by atoms with E-state index in [0.29, 0.717) is 6.07 Å². The van der Waals surface area contributed by atoms with Crippen LogP contribution in [0, 0.1) is 18.6 Å². The van der Waals surface area contributed by atoms with Gasteiger partial charge in [-0.15, -0.1) is 0 Å². The van der Waals surface area contributed by atoms with Crippen LogP contribution in [0.5, 0.6) is 0 Å². The molecule has 1 saturated carbocycles. The van der Waals surface area contributed by atoms with Crippen molar-refractivity contribution in [2.75, 3.05) is 16.8 Å². The molecule has 3 aromatic carbocycles. The summed E-state index contributed by atoms with van der Waals surface area (Å²) in [5.74, 6) is -1.85. The van der Waals surface area contributed by atoms with Crippen molar-refractivity contribution in [3.63, 3.8) is 0 Å². The fourth-order valence-electron chi connectivity index (χ4n) is 5.08. The van der Waals surface area contributed by atoms with Crippen LogP contribution in [0.1, 0.15) is 35.7 Å². The van der Waals surface area contributed by atoms with Crippen LogP contribution in [-0.2, 0) is 4.79 Å². The lowest BCUT2D eigenvalue weighted by molar-refractivity contribution is -0.119. The molecule has 1 fully saturated rings. The van der Waals surface area contributed by atoms with Gasteiger partial charge in [-0.3, -0.25) is 9.69 Å². The molecule has 0 bridgehead atoms. The first-order chi connectivity index (χ1) is 18.4. The SMILES string of the molecule is Cc1ccc(C2c3cccn3-c3ccccc3N2C(=O)CN(C(=O)Nc2ccc(F)cc2F)C2CC2)cc1. The zero-order valence-corrected chi connectivity index (χ0v) is 20.8. The lowest BCUT2D eigenvalue weighted by atomic mass is 9.97. The van der Waals surface area contributed by atoms with Gasteiger partial charge in [-0.2, -0.15) is 0 Å². The molecule has 1 aliphatic carbocycles. The Labute approximate surface area is 219 Å². The van der Waals surface area contributed by atoms with E-state index in [0.717, 1.165) is 47.1 Å². The molecule has 6 rings (SSSR count). The average Bonchev–Trinajstić information content (AvgIpc) is 3.63. The van der Waals surface area contributed by atoms with E-state index in [1.54, 1.807) is 4.90 Å². The van der Waals surface area contributed by atoms with E-state index in [1.807, 2.05) is 73.8 Å². The third-order valence-electron chi connectivity index (χ3n) is 7.11. The maximum atomic E-state index is 14.2. The Balaban J connectivity index is 1.35. The number of fused-ring (bicyclic) bond motifs is 3. The summed E-state index contributed by atoms with van der Waals surface area (Å²) in [5, 5.41) is 2.52. The molecule has 8 heteroatoms. The molecule has 4 aromatic rings. The van der Waals surface area contributed by atoms with Crippen molar-refractivity contribution < 1.29 is 18.4 Å². The van der Waals surface area contributed by atoms with Gasteiger partial charge in [0, 0.05) is 18.3 Å². The second-order valence-electron chi connectivity index (χ2n) is 9.78. The lowest BCUT2D eigenvalue weighted by Gasteiger charge is -2.39. The maximum Gasteiger partial charge on any atom is 0.322 e. The number of halogens is 2. The number of aryl methyl sites for hydroxylation is 1. The highest BCUT2D eigenvalue weighted by molar-refractivity contribution is 6.01. The van der Waals surface area contributed by atoms with E-state index in [1.165, 1.54) is 11.0 Å². The monoisotopic (exact) mass is 512 g/mol. The molecule has 1 aliphatic heterocycles. The highest BCUT2D eigenvalue weighted by atomic mass is 19.1.